The molecule has 0 saturated carbocycles. The lowest BCUT2D eigenvalue weighted by Gasteiger charge is -2.18. The molecule has 0 aliphatic carbocycles. The van der Waals surface area contributed by atoms with Gasteiger partial charge in [-0.2, -0.15) is 0 Å². The molecule has 0 amide bonds. The Kier molecular flexibility index (Phi) is 51.8. The van der Waals surface area contributed by atoms with Crippen molar-refractivity contribution in [2.75, 3.05) is 19.8 Å². The van der Waals surface area contributed by atoms with E-state index in [1.807, 2.05) is 0 Å². The van der Waals surface area contributed by atoms with Crippen LogP contribution in [0.5, 0.6) is 0 Å². The van der Waals surface area contributed by atoms with Gasteiger partial charge in [-0.1, -0.05) is 263 Å². The van der Waals surface area contributed by atoms with Crippen LogP contribution in [-0.4, -0.2) is 37.9 Å². The second-order valence-corrected chi connectivity index (χ2v) is 18.5. The maximum Gasteiger partial charge on any atom is 0.306 e. The van der Waals surface area contributed by atoms with Crippen LogP contribution in [0.25, 0.3) is 0 Å². The van der Waals surface area contributed by atoms with Crippen LogP contribution in [0.4, 0.5) is 0 Å². The number of carbonyl (C=O) groups excluding carboxylic acids is 2. The van der Waals surface area contributed by atoms with Gasteiger partial charge in [0.15, 0.2) is 6.10 Å². The predicted octanol–water partition coefficient (Wildman–Crippen LogP) is 18.6. The van der Waals surface area contributed by atoms with Crippen molar-refractivity contribution in [3.05, 3.63) is 36.5 Å². The summed E-state index contributed by atoms with van der Waals surface area (Å²) in [7, 11) is 0. The molecule has 0 heterocycles. The molecular formula is C57H106O5. The van der Waals surface area contributed by atoms with Gasteiger partial charge in [-0.25, -0.2) is 0 Å². The molecule has 5 heteroatoms. The summed E-state index contributed by atoms with van der Waals surface area (Å²) >= 11 is 0. The van der Waals surface area contributed by atoms with Gasteiger partial charge in [0.2, 0.25) is 0 Å². The molecule has 0 radical (unpaired) electrons. The van der Waals surface area contributed by atoms with Crippen LogP contribution >= 0.6 is 0 Å². The molecule has 0 aliphatic rings. The number of hydrogen-bond acceptors (Lipinski definition) is 5. The van der Waals surface area contributed by atoms with E-state index in [1.165, 1.54) is 193 Å². The monoisotopic (exact) mass is 871 g/mol. The van der Waals surface area contributed by atoms with Crippen LogP contribution in [0.2, 0.25) is 0 Å². The fourth-order valence-corrected chi connectivity index (χ4v) is 8.12. The molecule has 0 aromatic heterocycles. The molecule has 0 saturated heterocycles. The van der Waals surface area contributed by atoms with E-state index in [4.69, 9.17) is 14.2 Å². The molecule has 1 unspecified atom stereocenters. The van der Waals surface area contributed by atoms with Gasteiger partial charge in [0.1, 0.15) is 6.61 Å². The van der Waals surface area contributed by atoms with Crippen molar-refractivity contribution in [3.63, 3.8) is 0 Å². The van der Waals surface area contributed by atoms with Gasteiger partial charge in [0.05, 0.1) is 6.61 Å². The number of esters is 2. The first-order valence-electron chi connectivity index (χ1n) is 27.5. The van der Waals surface area contributed by atoms with Gasteiger partial charge in [-0.15, -0.1) is 0 Å². The Morgan fingerprint density at radius 2 is 0.726 bits per heavy atom. The first-order chi connectivity index (χ1) is 30.6. The average molecular weight is 871 g/mol. The second-order valence-electron chi connectivity index (χ2n) is 18.5. The molecule has 0 spiro atoms. The van der Waals surface area contributed by atoms with E-state index < -0.39 is 6.10 Å². The average Bonchev–Trinajstić information content (AvgIpc) is 3.27. The summed E-state index contributed by atoms with van der Waals surface area (Å²) in [4.78, 5) is 25.4. The quantitative estimate of drug-likeness (QED) is 0.0346. The summed E-state index contributed by atoms with van der Waals surface area (Å²) < 4.78 is 17.4. The highest BCUT2D eigenvalue weighted by Crippen LogP contribution is 2.16. The van der Waals surface area contributed by atoms with Crippen molar-refractivity contribution in [2.45, 2.75) is 297 Å². The van der Waals surface area contributed by atoms with Gasteiger partial charge in [0.25, 0.3) is 0 Å². The minimum atomic E-state index is -0.533. The van der Waals surface area contributed by atoms with E-state index in [-0.39, 0.29) is 18.5 Å². The Bertz CT molecular complexity index is 986. The highest BCUT2D eigenvalue weighted by Gasteiger charge is 2.17. The van der Waals surface area contributed by atoms with Gasteiger partial charge >= 0.3 is 11.9 Å². The zero-order valence-electron chi connectivity index (χ0n) is 41.9. The number of allylic oxidation sites excluding steroid dienone is 6. The lowest BCUT2D eigenvalue weighted by Crippen LogP contribution is -2.30. The molecule has 0 rings (SSSR count). The summed E-state index contributed by atoms with van der Waals surface area (Å²) in [5, 5.41) is 0. The zero-order valence-corrected chi connectivity index (χ0v) is 41.9. The minimum absolute atomic E-state index is 0.0863. The van der Waals surface area contributed by atoms with E-state index >= 15 is 0 Å². The first-order valence-corrected chi connectivity index (χ1v) is 27.5. The van der Waals surface area contributed by atoms with E-state index in [1.54, 1.807) is 0 Å². The van der Waals surface area contributed by atoms with Crippen molar-refractivity contribution in [2.24, 2.45) is 0 Å². The van der Waals surface area contributed by atoms with Crippen molar-refractivity contribution in [1.82, 2.24) is 0 Å². The van der Waals surface area contributed by atoms with E-state index in [2.05, 4.69) is 57.2 Å². The minimum Gasteiger partial charge on any atom is -0.462 e. The summed E-state index contributed by atoms with van der Waals surface area (Å²) in [6.45, 7) is 7.76. The number of ether oxygens (including phenoxy) is 3. The Labute approximate surface area is 387 Å². The number of hydrogen-bond donors (Lipinski definition) is 0. The van der Waals surface area contributed by atoms with Crippen LogP contribution in [0, 0.1) is 0 Å². The van der Waals surface area contributed by atoms with Gasteiger partial charge in [-0.3, -0.25) is 9.59 Å². The molecule has 0 N–H and O–H groups in total. The fraction of sp³-hybridized carbons (Fsp3) is 0.860. The van der Waals surface area contributed by atoms with E-state index in [9.17, 15) is 9.59 Å². The normalized spacial score (nSPS) is 12.4. The van der Waals surface area contributed by atoms with Crippen LogP contribution in [0.1, 0.15) is 290 Å². The number of carbonyl (C=O) groups is 2. The lowest BCUT2D eigenvalue weighted by atomic mass is 10.0. The van der Waals surface area contributed by atoms with Gasteiger partial charge < -0.3 is 14.2 Å². The maximum absolute atomic E-state index is 12.8. The summed E-state index contributed by atoms with van der Waals surface area (Å²) in [6, 6.07) is 0. The Balaban J connectivity index is 4.18. The number of rotatable bonds is 51. The Hall–Kier alpha value is -1.88. The molecule has 5 nitrogen and oxygen atoms in total. The highest BCUT2D eigenvalue weighted by atomic mass is 16.6. The molecule has 0 aromatic rings. The molecule has 364 valence electrons. The zero-order chi connectivity index (χ0) is 44.9. The highest BCUT2D eigenvalue weighted by molar-refractivity contribution is 5.70. The van der Waals surface area contributed by atoms with Crippen molar-refractivity contribution >= 4 is 11.9 Å². The smallest absolute Gasteiger partial charge is 0.306 e. The lowest BCUT2D eigenvalue weighted by molar-refractivity contribution is -0.163. The molecule has 0 aliphatic heterocycles. The first kappa shape index (κ1) is 60.1. The Morgan fingerprint density at radius 1 is 0.371 bits per heavy atom. The summed E-state index contributed by atoms with van der Waals surface area (Å²) in [6.07, 6.45) is 64.5. The predicted molar refractivity (Wildman–Crippen MR) is 270 cm³/mol. The van der Waals surface area contributed by atoms with Crippen LogP contribution in [-0.2, 0) is 23.8 Å². The second kappa shape index (κ2) is 53.5. The summed E-state index contributed by atoms with van der Waals surface area (Å²) in [5.74, 6) is -0.392. The van der Waals surface area contributed by atoms with Gasteiger partial charge in [0, 0.05) is 19.4 Å². The third-order valence-corrected chi connectivity index (χ3v) is 12.2. The van der Waals surface area contributed by atoms with Crippen molar-refractivity contribution in [3.8, 4) is 0 Å². The van der Waals surface area contributed by atoms with E-state index in [0.29, 0.717) is 26.1 Å². The van der Waals surface area contributed by atoms with Gasteiger partial charge in [-0.05, 0) is 51.4 Å². The number of unbranched alkanes of at least 4 members (excludes halogenated alkanes) is 34. The topological polar surface area (TPSA) is 61.8 Å². The van der Waals surface area contributed by atoms with Crippen molar-refractivity contribution in [1.29, 1.82) is 0 Å². The molecular weight excluding hydrogens is 765 g/mol. The molecule has 0 bridgehead atoms. The summed E-state index contributed by atoms with van der Waals surface area (Å²) in [5.41, 5.74) is 0. The largest absolute Gasteiger partial charge is 0.462 e. The van der Waals surface area contributed by atoms with Crippen molar-refractivity contribution < 1.29 is 23.8 Å². The maximum atomic E-state index is 12.8. The molecule has 1 atom stereocenters. The Morgan fingerprint density at radius 3 is 1.16 bits per heavy atom. The third kappa shape index (κ3) is 50.8. The third-order valence-electron chi connectivity index (χ3n) is 12.2. The fourth-order valence-electron chi connectivity index (χ4n) is 8.12. The van der Waals surface area contributed by atoms with Crippen LogP contribution in [0.3, 0.4) is 0 Å². The SMILES string of the molecule is CC/C=C\C/C=C\C/C=C\CCCCCCCCCC(=O)OCC(COCCCCCCCCCCCCCCCCCCCC)OC(=O)CCCCCCCCCCCCC. The molecule has 62 heavy (non-hydrogen) atoms. The van der Waals surface area contributed by atoms with Crippen LogP contribution in [0.15, 0.2) is 36.5 Å². The molecule has 0 aromatic carbocycles. The standard InChI is InChI=1S/C57H106O5/c1-4-7-10-13-16-19-22-24-26-28-30-32-34-37-40-43-46-49-52-60-53-55(62-57(59)51-48-45-42-39-35-21-18-15-12-9-6-3)54-61-56(58)50-47-44-41-38-36-33-31-29-27-25-23-20-17-14-11-8-5-2/h8,11,17,20,25,27,55H,4-7,9-10,12-16,18-19,21-24,26,28-54H2,1-3H3/b11-8-,20-17-,27-25-. The van der Waals surface area contributed by atoms with Crippen LogP contribution < -0.4 is 0 Å². The molecule has 0 fully saturated rings. The van der Waals surface area contributed by atoms with E-state index in [0.717, 1.165) is 64.2 Å².